The summed E-state index contributed by atoms with van der Waals surface area (Å²) in [7, 11) is 0. The van der Waals surface area contributed by atoms with Crippen LogP contribution in [-0.2, 0) is 6.54 Å². The number of fused-ring (bicyclic) bond motifs is 1. The molecule has 0 saturated heterocycles. The maximum Gasteiger partial charge on any atom is 0.273 e. The lowest BCUT2D eigenvalue weighted by atomic mass is 10.0. The molecule has 0 unspecified atom stereocenters. The van der Waals surface area contributed by atoms with Crippen molar-refractivity contribution in [3.05, 3.63) is 63.2 Å². The fraction of sp³-hybridized carbons (Fsp3) is 0.350. The minimum Gasteiger partial charge on any atom is -0.454 e. The Hall–Kier alpha value is -3.09. The van der Waals surface area contributed by atoms with Gasteiger partial charge in [0.1, 0.15) is 0 Å². The number of aryl methyl sites for hydroxylation is 1. The maximum atomic E-state index is 13.2. The molecule has 1 heterocycles. The van der Waals surface area contributed by atoms with Crippen LogP contribution in [0, 0.1) is 17.0 Å². The van der Waals surface area contributed by atoms with Gasteiger partial charge in [-0.3, -0.25) is 14.9 Å². The van der Waals surface area contributed by atoms with Gasteiger partial charge in [0.25, 0.3) is 11.6 Å². The Bertz CT molecular complexity index is 902. The number of hydrogen-bond acceptors (Lipinski definition) is 5. The van der Waals surface area contributed by atoms with E-state index in [1.165, 1.54) is 6.07 Å². The quantitative estimate of drug-likeness (QED) is 0.598. The molecule has 0 spiro atoms. The SMILES string of the molecule is Cc1ccc(C(=O)N(Cc2ccc3c(c2)OCO3)C(C)(C)C)cc1[N+](=O)[O-]. The zero-order valence-electron chi connectivity index (χ0n) is 15.8. The van der Waals surface area contributed by atoms with Crippen LogP contribution in [0.2, 0.25) is 0 Å². The van der Waals surface area contributed by atoms with Gasteiger partial charge < -0.3 is 14.4 Å². The Morgan fingerprint density at radius 2 is 1.85 bits per heavy atom. The molecule has 1 aliphatic rings. The standard InChI is InChI=1S/C20H22N2O5/c1-13-5-7-15(10-16(13)22(24)25)19(23)21(20(2,3)4)11-14-6-8-17-18(9-14)27-12-26-17/h5-10H,11-12H2,1-4H3. The minimum absolute atomic E-state index is 0.0576. The first-order valence-electron chi connectivity index (χ1n) is 8.62. The van der Waals surface area contributed by atoms with Crippen molar-refractivity contribution in [1.29, 1.82) is 0 Å². The minimum atomic E-state index is -0.479. The summed E-state index contributed by atoms with van der Waals surface area (Å²) in [5, 5.41) is 11.2. The second kappa shape index (κ2) is 6.90. The van der Waals surface area contributed by atoms with Crippen LogP contribution in [0.25, 0.3) is 0 Å². The third kappa shape index (κ3) is 3.86. The highest BCUT2D eigenvalue weighted by Gasteiger charge is 2.29. The van der Waals surface area contributed by atoms with E-state index >= 15 is 0 Å². The number of nitro benzene ring substituents is 1. The van der Waals surface area contributed by atoms with Gasteiger partial charge in [-0.1, -0.05) is 12.1 Å². The zero-order chi connectivity index (χ0) is 19.8. The van der Waals surface area contributed by atoms with E-state index in [-0.39, 0.29) is 18.4 Å². The molecule has 27 heavy (non-hydrogen) atoms. The predicted octanol–water partition coefficient (Wildman–Crippen LogP) is 4.07. The number of rotatable bonds is 4. The number of carbonyl (C=O) groups is 1. The van der Waals surface area contributed by atoms with Gasteiger partial charge in [0, 0.05) is 29.3 Å². The van der Waals surface area contributed by atoms with Crippen LogP contribution >= 0.6 is 0 Å². The molecule has 2 aromatic carbocycles. The fourth-order valence-corrected chi connectivity index (χ4v) is 2.93. The van der Waals surface area contributed by atoms with E-state index in [9.17, 15) is 14.9 Å². The Labute approximate surface area is 157 Å². The normalized spacial score (nSPS) is 12.7. The third-order valence-corrected chi connectivity index (χ3v) is 4.49. The van der Waals surface area contributed by atoms with Crippen molar-refractivity contribution < 1.29 is 19.2 Å². The molecule has 1 amide bonds. The van der Waals surface area contributed by atoms with Gasteiger partial charge in [-0.05, 0) is 51.5 Å². The van der Waals surface area contributed by atoms with Crippen molar-refractivity contribution in [3.8, 4) is 11.5 Å². The van der Waals surface area contributed by atoms with Crippen LogP contribution in [-0.4, -0.2) is 28.1 Å². The molecular weight excluding hydrogens is 348 g/mol. The number of hydrogen-bond donors (Lipinski definition) is 0. The molecule has 0 aromatic heterocycles. The second-order valence-electron chi connectivity index (χ2n) is 7.51. The van der Waals surface area contributed by atoms with Gasteiger partial charge >= 0.3 is 0 Å². The molecule has 0 aliphatic carbocycles. The summed E-state index contributed by atoms with van der Waals surface area (Å²) >= 11 is 0. The zero-order valence-corrected chi connectivity index (χ0v) is 15.8. The lowest BCUT2D eigenvalue weighted by Crippen LogP contribution is -2.45. The number of benzene rings is 2. The lowest BCUT2D eigenvalue weighted by molar-refractivity contribution is -0.385. The second-order valence-corrected chi connectivity index (χ2v) is 7.51. The summed E-state index contributed by atoms with van der Waals surface area (Å²) in [5.41, 5.74) is 1.17. The van der Waals surface area contributed by atoms with Crippen molar-refractivity contribution in [1.82, 2.24) is 4.90 Å². The Balaban J connectivity index is 1.92. The van der Waals surface area contributed by atoms with E-state index in [1.807, 2.05) is 39.0 Å². The number of nitrogens with zero attached hydrogens (tertiary/aromatic N) is 2. The smallest absolute Gasteiger partial charge is 0.273 e. The number of ether oxygens (including phenoxy) is 2. The molecule has 142 valence electrons. The monoisotopic (exact) mass is 370 g/mol. The van der Waals surface area contributed by atoms with Gasteiger partial charge in [0.15, 0.2) is 11.5 Å². The Kier molecular flexibility index (Phi) is 4.78. The van der Waals surface area contributed by atoms with E-state index < -0.39 is 10.5 Å². The molecule has 0 N–H and O–H groups in total. The highest BCUT2D eigenvalue weighted by Crippen LogP contribution is 2.33. The van der Waals surface area contributed by atoms with Gasteiger partial charge in [-0.25, -0.2) is 0 Å². The average Bonchev–Trinajstić information content (AvgIpc) is 3.06. The molecule has 1 aliphatic heterocycles. The fourth-order valence-electron chi connectivity index (χ4n) is 2.93. The largest absolute Gasteiger partial charge is 0.454 e. The van der Waals surface area contributed by atoms with Crippen LogP contribution in [0.15, 0.2) is 36.4 Å². The highest BCUT2D eigenvalue weighted by atomic mass is 16.7. The highest BCUT2D eigenvalue weighted by molar-refractivity contribution is 5.95. The van der Waals surface area contributed by atoms with Crippen LogP contribution in [0.1, 0.15) is 42.3 Å². The first-order valence-corrected chi connectivity index (χ1v) is 8.62. The molecule has 3 rings (SSSR count). The van der Waals surface area contributed by atoms with Crippen LogP contribution in [0.4, 0.5) is 5.69 Å². The Morgan fingerprint density at radius 1 is 1.15 bits per heavy atom. The van der Waals surface area contributed by atoms with Crippen molar-refractivity contribution in [2.75, 3.05) is 6.79 Å². The number of nitro groups is 1. The topological polar surface area (TPSA) is 81.9 Å². The molecule has 0 fully saturated rings. The molecule has 0 radical (unpaired) electrons. The Morgan fingerprint density at radius 3 is 2.52 bits per heavy atom. The molecule has 0 atom stereocenters. The van der Waals surface area contributed by atoms with E-state index in [0.29, 0.717) is 29.2 Å². The van der Waals surface area contributed by atoms with Crippen LogP contribution < -0.4 is 9.47 Å². The van der Waals surface area contributed by atoms with E-state index in [0.717, 1.165) is 5.56 Å². The van der Waals surface area contributed by atoms with Crippen molar-refractivity contribution in [2.24, 2.45) is 0 Å². The van der Waals surface area contributed by atoms with Gasteiger partial charge in [0.2, 0.25) is 6.79 Å². The summed E-state index contributed by atoms with van der Waals surface area (Å²) in [6, 6.07) is 10.1. The lowest BCUT2D eigenvalue weighted by Gasteiger charge is -2.36. The maximum absolute atomic E-state index is 13.2. The summed E-state index contributed by atoms with van der Waals surface area (Å²) in [4.78, 5) is 25.6. The van der Waals surface area contributed by atoms with Crippen LogP contribution in [0.5, 0.6) is 11.5 Å². The molecule has 0 saturated carbocycles. The molecule has 0 bridgehead atoms. The van der Waals surface area contributed by atoms with Gasteiger partial charge in [-0.15, -0.1) is 0 Å². The van der Waals surface area contributed by atoms with Gasteiger partial charge in [-0.2, -0.15) is 0 Å². The van der Waals surface area contributed by atoms with Crippen LogP contribution in [0.3, 0.4) is 0 Å². The predicted molar refractivity (Wildman–Crippen MR) is 100 cm³/mol. The number of amides is 1. The first-order chi connectivity index (χ1) is 12.7. The average molecular weight is 370 g/mol. The van der Waals surface area contributed by atoms with E-state index in [2.05, 4.69) is 0 Å². The van der Waals surface area contributed by atoms with Crippen molar-refractivity contribution >= 4 is 11.6 Å². The molecular formula is C20H22N2O5. The molecule has 7 heteroatoms. The van der Waals surface area contributed by atoms with E-state index in [1.54, 1.807) is 24.0 Å². The van der Waals surface area contributed by atoms with E-state index in [4.69, 9.17) is 9.47 Å². The summed E-state index contributed by atoms with van der Waals surface area (Å²) in [6.45, 7) is 7.98. The number of carbonyl (C=O) groups excluding carboxylic acids is 1. The van der Waals surface area contributed by atoms with Gasteiger partial charge in [0.05, 0.1) is 4.92 Å². The summed E-state index contributed by atoms with van der Waals surface area (Å²) < 4.78 is 10.7. The van der Waals surface area contributed by atoms with Crippen molar-refractivity contribution in [3.63, 3.8) is 0 Å². The van der Waals surface area contributed by atoms with Crippen molar-refractivity contribution in [2.45, 2.75) is 39.8 Å². The third-order valence-electron chi connectivity index (χ3n) is 4.49. The summed E-state index contributed by atoms with van der Waals surface area (Å²) in [5.74, 6) is 1.07. The molecule has 7 nitrogen and oxygen atoms in total. The summed E-state index contributed by atoms with van der Waals surface area (Å²) in [6.07, 6.45) is 0. The molecule has 2 aromatic rings. The first kappa shape index (κ1) is 18.7.